The normalized spacial score (nSPS) is 10.6. The van der Waals surface area contributed by atoms with Gasteiger partial charge in [0.1, 0.15) is 17.4 Å². The van der Waals surface area contributed by atoms with Crippen LogP contribution in [0, 0.1) is 11.6 Å². The Balaban J connectivity index is 2.02. The Morgan fingerprint density at radius 3 is 2.42 bits per heavy atom. The van der Waals surface area contributed by atoms with Gasteiger partial charge in [-0.3, -0.25) is 4.79 Å². The van der Waals surface area contributed by atoms with Gasteiger partial charge in [-0.15, -0.1) is 0 Å². The number of ether oxygens (including phenoxy) is 2. The zero-order valence-corrected chi connectivity index (χ0v) is 12.8. The van der Waals surface area contributed by atoms with Gasteiger partial charge in [0.25, 0.3) is 0 Å². The summed E-state index contributed by atoms with van der Waals surface area (Å²) in [6.07, 6.45) is 2.47. The van der Waals surface area contributed by atoms with Gasteiger partial charge in [-0.1, -0.05) is 0 Å². The minimum Gasteiger partial charge on any atom is -0.482 e. The number of esters is 1. The number of hydrogen-bond donors (Lipinski definition) is 0. The van der Waals surface area contributed by atoms with Crippen LogP contribution in [0.2, 0.25) is 0 Å². The summed E-state index contributed by atoms with van der Waals surface area (Å²) < 4.78 is 35.9. The van der Waals surface area contributed by atoms with E-state index in [1.165, 1.54) is 49.6 Å². The van der Waals surface area contributed by atoms with Crippen molar-refractivity contribution < 1.29 is 27.8 Å². The SMILES string of the molecule is COC(=O)COc1ccc(C(=O)C=Cc2ccc(F)cc2F)cc1. The molecule has 0 heterocycles. The number of benzene rings is 2. The molecule has 0 fully saturated rings. The number of allylic oxidation sites excluding steroid dienone is 1. The lowest BCUT2D eigenvalue weighted by Gasteiger charge is -2.05. The first-order valence-electron chi connectivity index (χ1n) is 6.97. The number of carbonyl (C=O) groups excluding carboxylic acids is 2. The summed E-state index contributed by atoms with van der Waals surface area (Å²) in [5.41, 5.74) is 0.474. The Labute approximate surface area is 137 Å². The maximum absolute atomic E-state index is 13.5. The third-order valence-electron chi connectivity index (χ3n) is 3.10. The summed E-state index contributed by atoms with van der Waals surface area (Å²) in [4.78, 5) is 23.0. The maximum atomic E-state index is 13.5. The van der Waals surface area contributed by atoms with E-state index in [-0.39, 0.29) is 18.0 Å². The van der Waals surface area contributed by atoms with Gasteiger partial charge in [-0.2, -0.15) is 0 Å². The van der Waals surface area contributed by atoms with Crippen molar-refractivity contribution in [2.24, 2.45) is 0 Å². The molecular weight excluding hydrogens is 318 g/mol. The van der Waals surface area contributed by atoms with Crippen molar-refractivity contribution in [3.05, 3.63) is 71.3 Å². The predicted molar refractivity (Wildman–Crippen MR) is 83.7 cm³/mol. The van der Waals surface area contributed by atoms with Crippen molar-refractivity contribution in [3.8, 4) is 5.75 Å². The van der Waals surface area contributed by atoms with E-state index in [4.69, 9.17) is 4.74 Å². The molecule has 0 saturated heterocycles. The first-order chi connectivity index (χ1) is 11.5. The van der Waals surface area contributed by atoms with E-state index >= 15 is 0 Å². The van der Waals surface area contributed by atoms with Gasteiger partial charge in [0.15, 0.2) is 12.4 Å². The molecule has 0 spiro atoms. The van der Waals surface area contributed by atoms with Gasteiger partial charge in [-0.05, 0) is 48.6 Å². The molecule has 0 amide bonds. The first kappa shape index (κ1) is 17.3. The second-order valence-electron chi connectivity index (χ2n) is 4.75. The highest BCUT2D eigenvalue weighted by molar-refractivity contribution is 6.06. The van der Waals surface area contributed by atoms with Crippen LogP contribution in [0.4, 0.5) is 8.78 Å². The molecule has 4 nitrogen and oxygen atoms in total. The smallest absolute Gasteiger partial charge is 0.343 e. The van der Waals surface area contributed by atoms with Crippen molar-refractivity contribution in [2.75, 3.05) is 13.7 Å². The molecule has 2 aromatic rings. The number of rotatable bonds is 6. The average Bonchev–Trinajstić information content (AvgIpc) is 2.59. The number of hydrogen-bond acceptors (Lipinski definition) is 4. The van der Waals surface area contributed by atoms with E-state index in [0.29, 0.717) is 11.3 Å². The lowest BCUT2D eigenvalue weighted by Crippen LogP contribution is -2.12. The maximum Gasteiger partial charge on any atom is 0.343 e. The molecule has 0 aliphatic heterocycles. The zero-order chi connectivity index (χ0) is 17.5. The summed E-state index contributed by atoms with van der Waals surface area (Å²) in [5.74, 6) is -1.88. The third kappa shape index (κ3) is 4.74. The van der Waals surface area contributed by atoms with Crippen LogP contribution in [0.15, 0.2) is 48.5 Å². The van der Waals surface area contributed by atoms with Crippen molar-refractivity contribution in [2.45, 2.75) is 0 Å². The molecule has 24 heavy (non-hydrogen) atoms. The van der Waals surface area contributed by atoms with Gasteiger partial charge >= 0.3 is 5.97 Å². The van der Waals surface area contributed by atoms with E-state index in [0.717, 1.165) is 12.1 Å². The van der Waals surface area contributed by atoms with E-state index < -0.39 is 17.6 Å². The Morgan fingerprint density at radius 1 is 1.08 bits per heavy atom. The standard InChI is InChI=1S/C18H14F2O4/c1-23-18(22)11-24-15-7-3-13(4-8-15)17(21)9-5-12-2-6-14(19)10-16(12)20/h2-10H,11H2,1H3. The Bertz CT molecular complexity index is 767. The summed E-state index contributed by atoms with van der Waals surface area (Å²) >= 11 is 0. The molecule has 0 N–H and O–H groups in total. The Kier molecular flexibility index (Phi) is 5.78. The summed E-state index contributed by atoms with van der Waals surface area (Å²) in [6.45, 7) is -0.229. The van der Waals surface area contributed by atoms with Crippen molar-refractivity contribution in [1.82, 2.24) is 0 Å². The molecule has 2 rings (SSSR count). The van der Waals surface area contributed by atoms with Crippen molar-refractivity contribution >= 4 is 17.8 Å². The van der Waals surface area contributed by atoms with E-state index in [9.17, 15) is 18.4 Å². The minimum absolute atomic E-state index is 0.114. The van der Waals surface area contributed by atoms with E-state index in [1.807, 2.05) is 0 Å². The summed E-state index contributed by atoms with van der Waals surface area (Å²) in [5, 5.41) is 0. The van der Waals surface area contributed by atoms with Crippen LogP contribution in [0.5, 0.6) is 5.75 Å². The molecule has 0 saturated carbocycles. The van der Waals surface area contributed by atoms with Gasteiger partial charge in [-0.25, -0.2) is 13.6 Å². The predicted octanol–water partition coefficient (Wildman–Crippen LogP) is 3.41. The van der Waals surface area contributed by atoms with Crippen LogP contribution in [0.3, 0.4) is 0 Å². The van der Waals surface area contributed by atoms with Crippen LogP contribution in [-0.2, 0) is 9.53 Å². The van der Waals surface area contributed by atoms with Gasteiger partial charge in [0.05, 0.1) is 7.11 Å². The molecule has 0 radical (unpaired) electrons. The highest BCUT2D eigenvalue weighted by atomic mass is 19.1. The van der Waals surface area contributed by atoms with Crippen molar-refractivity contribution in [1.29, 1.82) is 0 Å². The molecule has 0 atom stereocenters. The molecule has 2 aromatic carbocycles. The molecule has 0 aromatic heterocycles. The van der Waals surface area contributed by atoms with Crippen LogP contribution >= 0.6 is 0 Å². The lowest BCUT2D eigenvalue weighted by atomic mass is 10.1. The van der Waals surface area contributed by atoms with Crippen LogP contribution in [0.1, 0.15) is 15.9 Å². The number of carbonyl (C=O) groups is 2. The second-order valence-corrected chi connectivity index (χ2v) is 4.75. The fourth-order valence-corrected chi connectivity index (χ4v) is 1.81. The number of halogens is 2. The van der Waals surface area contributed by atoms with Gasteiger partial charge in [0.2, 0.25) is 0 Å². The Hall–Kier alpha value is -3.02. The second kappa shape index (κ2) is 8.01. The Morgan fingerprint density at radius 2 is 1.79 bits per heavy atom. The van der Waals surface area contributed by atoms with Gasteiger partial charge < -0.3 is 9.47 Å². The summed E-state index contributed by atoms with van der Waals surface area (Å²) in [6, 6.07) is 9.20. The molecular formula is C18H14F2O4. The molecule has 0 bridgehead atoms. The van der Waals surface area contributed by atoms with E-state index in [2.05, 4.69) is 4.74 Å². The molecule has 6 heteroatoms. The summed E-state index contributed by atoms with van der Waals surface area (Å²) in [7, 11) is 1.25. The quantitative estimate of drug-likeness (QED) is 0.462. The van der Waals surface area contributed by atoms with Gasteiger partial charge in [0, 0.05) is 17.2 Å². The average molecular weight is 332 g/mol. The first-order valence-corrected chi connectivity index (χ1v) is 6.97. The zero-order valence-electron chi connectivity index (χ0n) is 12.8. The van der Waals surface area contributed by atoms with Crippen molar-refractivity contribution in [3.63, 3.8) is 0 Å². The fraction of sp³-hybridized carbons (Fsp3) is 0.111. The van der Waals surface area contributed by atoms with Crippen LogP contribution < -0.4 is 4.74 Å². The van der Waals surface area contributed by atoms with E-state index in [1.54, 1.807) is 0 Å². The number of methoxy groups -OCH3 is 1. The third-order valence-corrected chi connectivity index (χ3v) is 3.10. The molecule has 0 aliphatic rings. The topological polar surface area (TPSA) is 52.6 Å². The highest BCUT2D eigenvalue weighted by Gasteiger charge is 2.06. The fourth-order valence-electron chi connectivity index (χ4n) is 1.81. The highest BCUT2D eigenvalue weighted by Crippen LogP contribution is 2.15. The van der Waals surface area contributed by atoms with Crippen LogP contribution in [-0.4, -0.2) is 25.5 Å². The van der Waals surface area contributed by atoms with Crippen LogP contribution in [0.25, 0.3) is 6.08 Å². The number of ketones is 1. The largest absolute Gasteiger partial charge is 0.482 e. The molecule has 0 aliphatic carbocycles. The lowest BCUT2D eigenvalue weighted by molar-refractivity contribution is -0.142. The molecule has 124 valence electrons. The monoisotopic (exact) mass is 332 g/mol. The minimum atomic E-state index is -0.745. The molecule has 0 unspecified atom stereocenters.